The number of benzene rings is 1. The molecule has 3 rings (SSSR count). The minimum Gasteiger partial charge on any atom is -0.469 e. The molecule has 2 aliphatic rings. The van der Waals surface area contributed by atoms with Gasteiger partial charge in [-0.3, -0.25) is 9.69 Å². The molecule has 0 radical (unpaired) electrons. The average Bonchev–Trinajstić information content (AvgIpc) is 2.95. The second kappa shape index (κ2) is 8.98. The molecule has 0 saturated carbocycles. The maximum Gasteiger partial charge on any atom is 0.310 e. The zero-order valence-corrected chi connectivity index (χ0v) is 16.1. The summed E-state index contributed by atoms with van der Waals surface area (Å²) in [6.45, 7) is 5.89. The van der Waals surface area contributed by atoms with Gasteiger partial charge in [0.05, 0.1) is 26.2 Å². The number of rotatable bonds is 7. The predicted molar refractivity (Wildman–Crippen MR) is 99.8 cm³/mol. The van der Waals surface area contributed by atoms with Crippen LogP contribution in [0.4, 0.5) is 0 Å². The molecule has 1 aromatic rings. The van der Waals surface area contributed by atoms with Gasteiger partial charge in [-0.25, -0.2) is 9.78 Å². The average molecular weight is 361 g/mol. The highest BCUT2D eigenvalue weighted by Gasteiger charge is 2.46. The highest BCUT2D eigenvalue weighted by atomic mass is 17.2. The van der Waals surface area contributed by atoms with E-state index in [-0.39, 0.29) is 17.9 Å². The summed E-state index contributed by atoms with van der Waals surface area (Å²) in [4.78, 5) is 25.3. The van der Waals surface area contributed by atoms with Crippen LogP contribution in [0.2, 0.25) is 0 Å². The number of methoxy groups -OCH3 is 1. The number of nitrogens with zero attached hydrogens (tertiary/aromatic N) is 1. The van der Waals surface area contributed by atoms with Gasteiger partial charge in [0.1, 0.15) is 0 Å². The van der Waals surface area contributed by atoms with Crippen molar-refractivity contribution in [2.75, 3.05) is 26.9 Å². The van der Waals surface area contributed by atoms with Crippen LogP contribution in [0, 0.1) is 12.8 Å². The minimum atomic E-state index is -0.0783. The molecule has 2 fully saturated rings. The molecule has 4 atom stereocenters. The summed E-state index contributed by atoms with van der Waals surface area (Å²) in [5.74, 6) is 0.238. The van der Waals surface area contributed by atoms with Crippen molar-refractivity contribution in [3.8, 4) is 0 Å². The topological polar surface area (TPSA) is 48.0 Å². The molecule has 26 heavy (non-hydrogen) atoms. The monoisotopic (exact) mass is 361 g/mol. The molecule has 0 N–H and O–H groups in total. The lowest BCUT2D eigenvalue weighted by atomic mass is 9.80. The molecule has 5 heteroatoms. The number of hydrogen-bond donors (Lipinski definition) is 0. The van der Waals surface area contributed by atoms with Crippen molar-refractivity contribution in [1.82, 2.24) is 4.90 Å². The van der Waals surface area contributed by atoms with E-state index < -0.39 is 0 Å². The van der Waals surface area contributed by atoms with Crippen LogP contribution in [-0.4, -0.2) is 49.8 Å². The Labute approximate surface area is 156 Å². The number of ether oxygens (including phenoxy) is 1. The van der Waals surface area contributed by atoms with Crippen LogP contribution in [0.1, 0.15) is 49.7 Å². The molecule has 4 unspecified atom stereocenters. The van der Waals surface area contributed by atoms with Gasteiger partial charge in [-0.2, -0.15) is 0 Å². The van der Waals surface area contributed by atoms with Gasteiger partial charge in [-0.15, -0.1) is 0 Å². The maximum absolute atomic E-state index is 12.6. The molecule has 0 aliphatic carbocycles. The van der Waals surface area contributed by atoms with E-state index in [0.717, 1.165) is 32.2 Å². The molecule has 0 aromatic heterocycles. The molecule has 2 aliphatic heterocycles. The molecule has 5 nitrogen and oxygen atoms in total. The Morgan fingerprint density at radius 3 is 2.62 bits per heavy atom. The molecule has 0 spiro atoms. The van der Waals surface area contributed by atoms with Crippen molar-refractivity contribution in [3.05, 3.63) is 35.4 Å². The normalized spacial score (nSPS) is 28.7. The van der Waals surface area contributed by atoms with Crippen molar-refractivity contribution in [3.63, 3.8) is 0 Å². The number of carbonyl (C=O) groups excluding carboxylic acids is 1. The van der Waals surface area contributed by atoms with Crippen LogP contribution in [0.15, 0.2) is 24.3 Å². The second-order valence-electron chi connectivity index (χ2n) is 7.47. The highest BCUT2D eigenvalue weighted by Crippen LogP contribution is 2.43. The number of aryl methyl sites for hydroxylation is 1. The number of hydrogen-bond acceptors (Lipinski definition) is 5. The standard InChI is InChI=1S/C21H31NO4/c1-4-25-26-12-11-22-18-9-10-20(22)19(21(23)24-3)14-17(13-18)16-7-5-15(2)6-8-16/h5-8,17-20H,4,9-14H2,1-3H3. The van der Waals surface area contributed by atoms with E-state index in [9.17, 15) is 4.79 Å². The first-order chi connectivity index (χ1) is 12.6. The van der Waals surface area contributed by atoms with Gasteiger partial charge in [0.25, 0.3) is 0 Å². The summed E-state index contributed by atoms with van der Waals surface area (Å²) in [7, 11) is 1.50. The summed E-state index contributed by atoms with van der Waals surface area (Å²) in [6.07, 6.45) is 4.14. The smallest absolute Gasteiger partial charge is 0.310 e. The van der Waals surface area contributed by atoms with Crippen LogP contribution in [0.3, 0.4) is 0 Å². The molecule has 144 valence electrons. The summed E-state index contributed by atoms with van der Waals surface area (Å²) in [5.41, 5.74) is 2.60. The Kier molecular flexibility index (Phi) is 6.68. The van der Waals surface area contributed by atoms with E-state index in [1.807, 2.05) is 6.92 Å². The van der Waals surface area contributed by atoms with Crippen molar-refractivity contribution in [2.45, 2.75) is 57.5 Å². The third-order valence-electron chi connectivity index (χ3n) is 5.94. The Hall–Kier alpha value is -1.43. The summed E-state index contributed by atoms with van der Waals surface area (Å²) < 4.78 is 5.17. The van der Waals surface area contributed by atoms with E-state index in [1.54, 1.807) is 0 Å². The van der Waals surface area contributed by atoms with Crippen LogP contribution in [0.5, 0.6) is 0 Å². The predicted octanol–water partition coefficient (Wildman–Crippen LogP) is 3.46. The van der Waals surface area contributed by atoms with E-state index in [2.05, 4.69) is 36.1 Å². The third kappa shape index (κ3) is 4.27. The summed E-state index contributed by atoms with van der Waals surface area (Å²) in [5, 5.41) is 0. The first-order valence-electron chi connectivity index (χ1n) is 9.78. The first-order valence-corrected chi connectivity index (χ1v) is 9.78. The van der Waals surface area contributed by atoms with Crippen molar-refractivity contribution in [2.24, 2.45) is 5.92 Å². The molecular formula is C21H31NO4. The fraction of sp³-hybridized carbons (Fsp3) is 0.667. The molecular weight excluding hydrogens is 330 g/mol. The maximum atomic E-state index is 12.6. The van der Waals surface area contributed by atoms with Gasteiger partial charge in [0.15, 0.2) is 0 Å². The van der Waals surface area contributed by atoms with Gasteiger partial charge in [-0.1, -0.05) is 29.8 Å². The quantitative estimate of drug-likeness (QED) is 0.322. The lowest BCUT2D eigenvalue weighted by Gasteiger charge is -2.30. The lowest BCUT2D eigenvalue weighted by Crippen LogP contribution is -2.43. The van der Waals surface area contributed by atoms with Gasteiger partial charge >= 0.3 is 5.97 Å². The molecule has 2 saturated heterocycles. The Bertz CT molecular complexity index is 588. The van der Waals surface area contributed by atoms with Crippen LogP contribution in [0.25, 0.3) is 0 Å². The first kappa shape index (κ1) is 19.3. The van der Waals surface area contributed by atoms with E-state index in [4.69, 9.17) is 14.5 Å². The van der Waals surface area contributed by atoms with Crippen LogP contribution in [-0.2, 0) is 19.3 Å². The van der Waals surface area contributed by atoms with Crippen LogP contribution < -0.4 is 0 Å². The van der Waals surface area contributed by atoms with Crippen molar-refractivity contribution in [1.29, 1.82) is 0 Å². The Morgan fingerprint density at radius 2 is 1.92 bits per heavy atom. The number of carbonyl (C=O) groups is 1. The highest BCUT2D eigenvalue weighted by molar-refractivity contribution is 5.73. The Balaban J connectivity index is 1.78. The van der Waals surface area contributed by atoms with Gasteiger partial charge in [0.2, 0.25) is 0 Å². The summed E-state index contributed by atoms with van der Waals surface area (Å²) >= 11 is 0. The van der Waals surface area contributed by atoms with Crippen molar-refractivity contribution >= 4 is 5.97 Å². The zero-order chi connectivity index (χ0) is 18.5. The minimum absolute atomic E-state index is 0.0779. The van der Waals surface area contributed by atoms with E-state index in [1.165, 1.54) is 18.2 Å². The second-order valence-corrected chi connectivity index (χ2v) is 7.47. The third-order valence-corrected chi connectivity index (χ3v) is 5.94. The molecule has 2 bridgehead atoms. The summed E-state index contributed by atoms with van der Waals surface area (Å²) in [6, 6.07) is 9.50. The molecule has 1 aromatic carbocycles. The fourth-order valence-corrected chi connectivity index (χ4v) is 4.69. The van der Waals surface area contributed by atoms with Gasteiger partial charge in [-0.05, 0) is 51.0 Å². The lowest BCUT2D eigenvalue weighted by molar-refractivity contribution is -0.292. The van der Waals surface area contributed by atoms with E-state index >= 15 is 0 Å². The molecule has 2 heterocycles. The van der Waals surface area contributed by atoms with Gasteiger partial charge < -0.3 is 4.74 Å². The SMILES string of the molecule is CCOOCCN1C2CCC1C(C(=O)OC)CC(c1ccc(C)cc1)C2. The zero-order valence-electron chi connectivity index (χ0n) is 16.1. The van der Waals surface area contributed by atoms with Crippen molar-refractivity contribution < 1.29 is 19.3 Å². The fourth-order valence-electron chi connectivity index (χ4n) is 4.69. The number of fused-ring (bicyclic) bond motifs is 2. The number of esters is 1. The largest absolute Gasteiger partial charge is 0.469 e. The van der Waals surface area contributed by atoms with E-state index in [0.29, 0.717) is 25.2 Å². The molecule has 0 amide bonds. The van der Waals surface area contributed by atoms with Crippen LogP contribution >= 0.6 is 0 Å². The van der Waals surface area contributed by atoms with Gasteiger partial charge in [0, 0.05) is 18.6 Å². The Morgan fingerprint density at radius 1 is 1.15 bits per heavy atom.